The van der Waals surface area contributed by atoms with Crippen molar-refractivity contribution < 1.29 is 14.3 Å². The summed E-state index contributed by atoms with van der Waals surface area (Å²) in [5.74, 6) is 0.298. The smallest absolute Gasteiger partial charge is 0.337 e. The number of oxazole rings is 1. The highest BCUT2D eigenvalue weighted by Gasteiger charge is 2.20. The fourth-order valence-corrected chi connectivity index (χ4v) is 1.92. The maximum Gasteiger partial charge on any atom is 0.337 e. The van der Waals surface area contributed by atoms with Crippen LogP contribution in [0.15, 0.2) is 28.8 Å². The number of aromatic carboxylic acids is 1. The molecule has 0 radical (unpaired) electrons. The van der Waals surface area contributed by atoms with Crippen molar-refractivity contribution in [3.05, 3.63) is 46.6 Å². The van der Waals surface area contributed by atoms with E-state index >= 15 is 0 Å². The number of benzene rings is 1. The van der Waals surface area contributed by atoms with E-state index in [1.165, 1.54) is 6.07 Å². The molecule has 0 fully saturated rings. The van der Waals surface area contributed by atoms with Gasteiger partial charge in [-0.1, -0.05) is 32.4 Å². The Bertz CT molecular complexity index is 659. The number of aromatic nitrogens is 1. The van der Waals surface area contributed by atoms with E-state index in [0.29, 0.717) is 23.9 Å². The van der Waals surface area contributed by atoms with Gasteiger partial charge in [-0.15, -0.1) is 0 Å². The number of carbonyl (C=O) groups is 1. The summed E-state index contributed by atoms with van der Waals surface area (Å²) < 4.78 is 5.66. The number of carboxylic acids is 1. The zero-order valence-corrected chi connectivity index (χ0v) is 12.9. The Morgan fingerprint density at radius 1 is 1.43 bits per heavy atom. The van der Waals surface area contributed by atoms with Crippen molar-refractivity contribution in [2.24, 2.45) is 0 Å². The number of anilines is 1. The molecule has 0 atom stereocenters. The second-order valence-electron chi connectivity index (χ2n) is 5.74. The predicted octanol–water partition coefficient (Wildman–Crippen LogP) is 3.94. The maximum atomic E-state index is 11.0. The van der Waals surface area contributed by atoms with E-state index in [9.17, 15) is 4.79 Å². The number of nitrogens with one attached hydrogen (secondary N) is 1. The first-order valence-corrected chi connectivity index (χ1v) is 6.87. The van der Waals surface area contributed by atoms with Crippen molar-refractivity contribution in [3.8, 4) is 0 Å². The monoisotopic (exact) mass is 308 g/mol. The molecule has 0 bridgehead atoms. The summed E-state index contributed by atoms with van der Waals surface area (Å²) in [6, 6.07) is 4.76. The normalized spacial score (nSPS) is 11.4. The van der Waals surface area contributed by atoms with Crippen LogP contribution < -0.4 is 5.32 Å². The third-order valence-electron chi connectivity index (χ3n) is 2.86. The second-order valence-corrected chi connectivity index (χ2v) is 6.14. The Kier molecular flexibility index (Phi) is 4.23. The van der Waals surface area contributed by atoms with Crippen LogP contribution in [0.25, 0.3) is 0 Å². The topological polar surface area (TPSA) is 75.4 Å². The molecule has 2 aromatic rings. The Balaban J connectivity index is 2.08. The molecular formula is C15H17ClN2O3. The van der Waals surface area contributed by atoms with Gasteiger partial charge in [0.05, 0.1) is 23.3 Å². The van der Waals surface area contributed by atoms with E-state index < -0.39 is 5.97 Å². The highest BCUT2D eigenvalue weighted by atomic mass is 35.5. The summed E-state index contributed by atoms with van der Waals surface area (Å²) in [6.45, 7) is 6.49. The van der Waals surface area contributed by atoms with Crippen molar-refractivity contribution in [3.63, 3.8) is 0 Å². The molecule has 2 rings (SSSR count). The molecule has 0 aliphatic heterocycles. The largest absolute Gasteiger partial charge is 0.478 e. The van der Waals surface area contributed by atoms with Gasteiger partial charge in [0, 0.05) is 11.1 Å². The van der Waals surface area contributed by atoms with Gasteiger partial charge in [0.2, 0.25) is 0 Å². The SMILES string of the molecule is CC(C)(C)c1ncc(CNc2ccc(Cl)c(C(=O)O)c2)o1. The van der Waals surface area contributed by atoms with Crippen LogP contribution in [0.5, 0.6) is 0 Å². The highest BCUT2D eigenvalue weighted by Crippen LogP contribution is 2.23. The van der Waals surface area contributed by atoms with Crippen LogP contribution in [0.1, 0.15) is 42.8 Å². The van der Waals surface area contributed by atoms with E-state index in [1.54, 1.807) is 18.3 Å². The van der Waals surface area contributed by atoms with Crippen LogP contribution in [0.3, 0.4) is 0 Å². The van der Waals surface area contributed by atoms with Crippen LogP contribution in [-0.4, -0.2) is 16.1 Å². The molecule has 1 aromatic carbocycles. The minimum atomic E-state index is -1.06. The molecule has 2 N–H and O–H groups in total. The molecule has 1 heterocycles. The van der Waals surface area contributed by atoms with Crippen molar-refractivity contribution >= 4 is 23.3 Å². The van der Waals surface area contributed by atoms with Crippen LogP contribution in [0.2, 0.25) is 5.02 Å². The van der Waals surface area contributed by atoms with E-state index in [-0.39, 0.29) is 16.0 Å². The first kappa shape index (κ1) is 15.4. The van der Waals surface area contributed by atoms with Crippen molar-refractivity contribution in [2.75, 3.05) is 5.32 Å². The van der Waals surface area contributed by atoms with E-state index in [2.05, 4.69) is 10.3 Å². The molecule has 0 saturated carbocycles. The Morgan fingerprint density at radius 2 is 2.14 bits per heavy atom. The Labute approximate surface area is 128 Å². The third kappa shape index (κ3) is 3.76. The number of hydrogen-bond acceptors (Lipinski definition) is 4. The van der Waals surface area contributed by atoms with Crippen molar-refractivity contribution in [2.45, 2.75) is 32.7 Å². The lowest BCUT2D eigenvalue weighted by atomic mass is 9.97. The Hall–Kier alpha value is -2.01. The third-order valence-corrected chi connectivity index (χ3v) is 3.19. The zero-order valence-electron chi connectivity index (χ0n) is 12.1. The van der Waals surface area contributed by atoms with Gasteiger partial charge in [0.25, 0.3) is 0 Å². The first-order chi connectivity index (χ1) is 9.77. The lowest BCUT2D eigenvalue weighted by Gasteiger charge is -2.12. The number of hydrogen-bond donors (Lipinski definition) is 2. The average Bonchev–Trinajstić information content (AvgIpc) is 2.86. The molecule has 0 aliphatic rings. The molecule has 0 aliphatic carbocycles. The average molecular weight is 309 g/mol. The summed E-state index contributed by atoms with van der Waals surface area (Å²) in [7, 11) is 0. The van der Waals surface area contributed by atoms with Crippen molar-refractivity contribution in [1.82, 2.24) is 4.98 Å². The number of rotatable bonds is 4. The maximum absolute atomic E-state index is 11.0. The Morgan fingerprint density at radius 3 is 2.71 bits per heavy atom. The van der Waals surface area contributed by atoms with Gasteiger partial charge < -0.3 is 14.8 Å². The molecule has 0 spiro atoms. The van der Waals surface area contributed by atoms with Gasteiger partial charge in [-0.2, -0.15) is 0 Å². The number of halogens is 1. The van der Waals surface area contributed by atoms with Crippen molar-refractivity contribution in [1.29, 1.82) is 0 Å². The van der Waals surface area contributed by atoms with Gasteiger partial charge in [-0.25, -0.2) is 9.78 Å². The standard InChI is InChI=1S/C15H17ClN2O3/c1-15(2,3)14-18-8-10(21-14)7-17-9-4-5-12(16)11(6-9)13(19)20/h4-6,8,17H,7H2,1-3H3,(H,19,20). The fourth-order valence-electron chi connectivity index (χ4n) is 1.72. The summed E-state index contributed by atoms with van der Waals surface area (Å²) in [6.07, 6.45) is 1.67. The number of nitrogens with zero attached hydrogens (tertiary/aromatic N) is 1. The molecule has 21 heavy (non-hydrogen) atoms. The predicted molar refractivity (Wildman–Crippen MR) is 80.9 cm³/mol. The quantitative estimate of drug-likeness (QED) is 0.895. The molecule has 1 aromatic heterocycles. The van der Waals surface area contributed by atoms with E-state index in [1.807, 2.05) is 20.8 Å². The van der Waals surface area contributed by atoms with Gasteiger partial charge >= 0.3 is 5.97 Å². The number of carboxylic acid groups (broad SMARTS) is 1. The summed E-state index contributed by atoms with van der Waals surface area (Å²) >= 11 is 5.82. The van der Waals surface area contributed by atoms with Crippen LogP contribution in [0.4, 0.5) is 5.69 Å². The molecule has 6 heteroatoms. The minimum absolute atomic E-state index is 0.0645. The second kappa shape index (κ2) is 5.77. The summed E-state index contributed by atoms with van der Waals surface area (Å²) in [5, 5.41) is 12.3. The molecular weight excluding hydrogens is 292 g/mol. The van der Waals surface area contributed by atoms with Gasteiger partial charge in [0.15, 0.2) is 5.89 Å². The highest BCUT2D eigenvalue weighted by molar-refractivity contribution is 6.33. The van der Waals surface area contributed by atoms with Gasteiger partial charge in [-0.05, 0) is 18.2 Å². The van der Waals surface area contributed by atoms with Gasteiger partial charge in [-0.3, -0.25) is 0 Å². The molecule has 5 nitrogen and oxygen atoms in total. The minimum Gasteiger partial charge on any atom is -0.478 e. The summed E-state index contributed by atoms with van der Waals surface area (Å²) in [5.41, 5.74) is 0.578. The molecule has 0 unspecified atom stereocenters. The van der Waals surface area contributed by atoms with Crippen LogP contribution in [-0.2, 0) is 12.0 Å². The lowest BCUT2D eigenvalue weighted by Crippen LogP contribution is -2.11. The first-order valence-electron chi connectivity index (χ1n) is 6.49. The van der Waals surface area contributed by atoms with Crippen LogP contribution >= 0.6 is 11.6 Å². The molecule has 112 valence electrons. The molecule has 0 amide bonds. The van der Waals surface area contributed by atoms with E-state index in [4.69, 9.17) is 21.1 Å². The summed E-state index contributed by atoms with van der Waals surface area (Å²) in [4.78, 5) is 15.3. The molecule has 0 saturated heterocycles. The van der Waals surface area contributed by atoms with Gasteiger partial charge in [0.1, 0.15) is 5.76 Å². The fraction of sp³-hybridized carbons (Fsp3) is 0.333. The van der Waals surface area contributed by atoms with E-state index in [0.717, 1.165) is 0 Å². The lowest BCUT2D eigenvalue weighted by molar-refractivity contribution is 0.0697. The van der Waals surface area contributed by atoms with Crippen LogP contribution in [0, 0.1) is 0 Å². The zero-order chi connectivity index (χ0) is 15.6.